The van der Waals surface area contributed by atoms with Crippen molar-refractivity contribution in [3.63, 3.8) is 0 Å². The molecule has 0 fully saturated rings. The van der Waals surface area contributed by atoms with Gasteiger partial charge in [-0.15, -0.1) is 0 Å². The first kappa shape index (κ1) is 10.0. The van der Waals surface area contributed by atoms with Crippen molar-refractivity contribution >= 4 is 42.4 Å². The molecule has 9 heavy (non-hydrogen) atoms. The normalized spacial score (nSPS) is 13.9. The number of halogens is 3. The van der Waals surface area contributed by atoms with Crippen molar-refractivity contribution < 1.29 is 14.4 Å². The summed E-state index contributed by atoms with van der Waals surface area (Å²) in [4.78, 5) is 19.7. The van der Waals surface area contributed by atoms with Crippen LogP contribution >= 0.6 is 42.4 Å². The molecule has 0 rings (SSSR count). The van der Waals surface area contributed by atoms with Crippen molar-refractivity contribution in [3.8, 4) is 0 Å². The zero-order valence-electron chi connectivity index (χ0n) is 4.01. The fraction of sp³-hybridized carbons (Fsp3) is 1.00. The summed E-state index contributed by atoms with van der Waals surface area (Å²) in [6.07, 6.45) is -0.968. The minimum absolute atomic E-state index is 0.968. The van der Waals surface area contributed by atoms with E-state index in [1.807, 2.05) is 0 Å². The molecule has 0 aromatic heterocycles. The van der Waals surface area contributed by atoms with Crippen molar-refractivity contribution in [1.82, 2.24) is 0 Å². The van der Waals surface area contributed by atoms with Gasteiger partial charge in [0.1, 0.15) is 0 Å². The minimum atomic E-state index is -4.68. The molecule has 7 heteroatoms. The predicted molar refractivity (Wildman–Crippen MR) is 32.8 cm³/mol. The van der Waals surface area contributed by atoms with Crippen LogP contribution in [0.5, 0.6) is 0 Å². The molecule has 0 saturated carbocycles. The first-order valence-corrected chi connectivity index (χ1v) is 4.65. The molecule has 0 bridgehead atoms. The number of hydrogen-bond donors (Lipinski definition) is 0. The average molecular weight is 211 g/mol. The van der Waals surface area contributed by atoms with Crippen molar-refractivity contribution in [2.45, 2.75) is 3.79 Å². The molecule has 0 aliphatic rings. The van der Waals surface area contributed by atoms with Gasteiger partial charge in [0.2, 0.25) is 0 Å². The summed E-state index contributed by atoms with van der Waals surface area (Å²) in [6, 6.07) is 0. The Morgan fingerprint density at radius 1 is 1.33 bits per heavy atom. The number of hydrogen-bond acceptors (Lipinski definition) is 3. The van der Waals surface area contributed by atoms with E-state index in [4.69, 9.17) is 34.8 Å². The van der Waals surface area contributed by atoms with Crippen LogP contribution in [-0.4, -0.2) is 9.95 Å². The van der Waals surface area contributed by atoms with Crippen LogP contribution in [0.15, 0.2) is 0 Å². The minimum Gasteiger partial charge on any atom is -0.811 e. The third kappa shape index (κ3) is 9.02. The lowest BCUT2D eigenvalue weighted by atomic mass is 10.9. The van der Waals surface area contributed by atoms with Gasteiger partial charge >= 0.3 is 0 Å². The molecule has 0 unspecified atom stereocenters. The maximum Gasteiger partial charge on any atom is 0.195 e. The van der Waals surface area contributed by atoms with Crippen LogP contribution in [0.25, 0.3) is 0 Å². The topological polar surface area (TPSA) is 63.2 Å². The molecule has 0 saturated heterocycles. The molecule has 0 aliphatic heterocycles. The number of rotatable bonds is 1. The highest BCUT2D eigenvalue weighted by Crippen LogP contribution is 2.38. The van der Waals surface area contributed by atoms with E-state index < -0.39 is 17.6 Å². The Balaban J connectivity index is 3.90. The molecule has 0 aliphatic carbocycles. The molecule has 56 valence electrons. The van der Waals surface area contributed by atoms with E-state index in [1.54, 1.807) is 0 Å². The summed E-state index contributed by atoms with van der Waals surface area (Å²) in [5.74, 6) is 0. The average Bonchev–Trinajstić information content (AvgIpc) is 1.14. The summed E-state index contributed by atoms with van der Waals surface area (Å²) in [5, 5.41) is 0. The summed E-state index contributed by atoms with van der Waals surface area (Å²) in [6.45, 7) is 0. The third-order valence-corrected chi connectivity index (χ3v) is 2.19. The van der Waals surface area contributed by atoms with Gasteiger partial charge in [0.15, 0.2) is 3.79 Å². The van der Waals surface area contributed by atoms with Gasteiger partial charge in [-0.05, 0) is 0 Å². The summed E-state index contributed by atoms with van der Waals surface area (Å²) >= 11 is 14.9. The van der Waals surface area contributed by atoms with Crippen LogP contribution in [0.4, 0.5) is 0 Å². The highest BCUT2D eigenvalue weighted by Gasteiger charge is 2.20. The fourth-order valence-corrected chi connectivity index (χ4v) is 1.98. The van der Waals surface area contributed by atoms with E-state index in [-0.39, 0.29) is 0 Å². The lowest BCUT2D eigenvalue weighted by molar-refractivity contribution is -0.313. The van der Waals surface area contributed by atoms with E-state index in [9.17, 15) is 14.4 Å². The van der Waals surface area contributed by atoms with Crippen molar-refractivity contribution in [2.75, 3.05) is 6.16 Å². The Hall–Kier alpha value is 1.02. The van der Waals surface area contributed by atoms with E-state index in [1.165, 1.54) is 0 Å². The quantitative estimate of drug-likeness (QED) is 0.462. The van der Waals surface area contributed by atoms with Crippen LogP contribution in [0, 0.1) is 0 Å². The molecule has 0 radical (unpaired) electrons. The Bertz CT molecular complexity index is 134. The lowest BCUT2D eigenvalue weighted by Gasteiger charge is -2.32. The summed E-state index contributed by atoms with van der Waals surface area (Å²) in [7, 11) is -4.68. The van der Waals surface area contributed by atoms with E-state index >= 15 is 0 Å². The maximum absolute atomic E-state index is 9.87. The molecule has 0 aromatic carbocycles. The zero-order valence-corrected chi connectivity index (χ0v) is 7.18. The first-order chi connectivity index (χ1) is 3.71. The van der Waals surface area contributed by atoms with Gasteiger partial charge in [-0.2, -0.15) is 0 Å². The van der Waals surface area contributed by atoms with E-state index in [2.05, 4.69) is 0 Å². The molecule has 0 atom stereocenters. The monoisotopic (exact) mass is 210 g/mol. The van der Waals surface area contributed by atoms with E-state index in [0.717, 1.165) is 0 Å². The standard InChI is InChI=1S/C2H4Cl3O3P/c3-2(4,5)1-9(6,7)8/h1H2,(H2,6,7,8)/p-2. The van der Waals surface area contributed by atoms with Crippen molar-refractivity contribution in [3.05, 3.63) is 0 Å². The second-order valence-electron chi connectivity index (χ2n) is 1.38. The van der Waals surface area contributed by atoms with Crippen LogP contribution in [0.1, 0.15) is 0 Å². The van der Waals surface area contributed by atoms with Gasteiger partial charge in [-0.3, -0.25) is 0 Å². The van der Waals surface area contributed by atoms with Gasteiger partial charge in [-0.25, -0.2) is 0 Å². The molecule has 0 N–H and O–H groups in total. The van der Waals surface area contributed by atoms with Crippen LogP contribution in [0.3, 0.4) is 0 Å². The zero-order chi connectivity index (χ0) is 7.71. The molecule has 0 aromatic rings. The third-order valence-electron chi connectivity index (χ3n) is 0.373. The second kappa shape index (κ2) is 2.95. The van der Waals surface area contributed by atoms with Gasteiger partial charge in [0, 0.05) is 6.16 Å². The largest absolute Gasteiger partial charge is 0.811 e. The molecular formula is C2H2Cl3O3P-2. The lowest BCUT2D eigenvalue weighted by Crippen LogP contribution is -2.24. The van der Waals surface area contributed by atoms with Crippen molar-refractivity contribution in [1.29, 1.82) is 0 Å². The van der Waals surface area contributed by atoms with Crippen LogP contribution in [0.2, 0.25) is 0 Å². The Kier molecular flexibility index (Phi) is 3.29. The van der Waals surface area contributed by atoms with E-state index in [0.29, 0.717) is 0 Å². The molecule has 0 spiro atoms. The summed E-state index contributed by atoms with van der Waals surface area (Å²) in [5.41, 5.74) is 0. The highest BCUT2D eigenvalue weighted by molar-refractivity contribution is 7.49. The SMILES string of the molecule is O=P([O-])([O-])CC(Cl)(Cl)Cl. The second-order valence-corrected chi connectivity index (χ2v) is 5.44. The highest BCUT2D eigenvalue weighted by atomic mass is 35.6. The van der Waals surface area contributed by atoms with Gasteiger partial charge in [0.05, 0.1) is 0 Å². The van der Waals surface area contributed by atoms with Crippen LogP contribution in [-0.2, 0) is 4.57 Å². The maximum atomic E-state index is 9.87. The van der Waals surface area contributed by atoms with Crippen molar-refractivity contribution in [2.24, 2.45) is 0 Å². The first-order valence-electron chi connectivity index (χ1n) is 1.78. The Labute approximate surface area is 67.1 Å². The smallest absolute Gasteiger partial charge is 0.195 e. The van der Waals surface area contributed by atoms with Gasteiger partial charge in [-0.1, -0.05) is 42.4 Å². The Morgan fingerprint density at radius 2 is 1.67 bits per heavy atom. The molecule has 0 amide bonds. The van der Waals surface area contributed by atoms with Crippen LogP contribution < -0.4 is 9.79 Å². The molecular weight excluding hydrogens is 209 g/mol. The molecule has 0 heterocycles. The van der Waals surface area contributed by atoms with Gasteiger partial charge < -0.3 is 14.4 Å². The predicted octanol–water partition coefficient (Wildman–Crippen LogP) is 0.270. The fourth-order valence-electron chi connectivity index (χ4n) is 0.220. The molecule has 3 nitrogen and oxygen atoms in total. The number of alkyl halides is 3. The summed E-state index contributed by atoms with van der Waals surface area (Å²) < 4.78 is 7.88. The Morgan fingerprint density at radius 3 is 1.67 bits per heavy atom. The van der Waals surface area contributed by atoms with Gasteiger partial charge in [0.25, 0.3) is 0 Å².